The van der Waals surface area contributed by atoms with Gasteiger partial charge in [0.15, 0.2) is 0 Å². The normalized spacial score (nSPS) is 23.0. The third-order valence-electron chi connectivity index (χ3n) is 5.96. The third kappa shape index (κ3) is 5.49. The Labute approximate surface area is 174 Å². The van der Waals surface area contributed by atoms with Crippen LogP contribution in [-0.2, 0) is 0 Å². The number of hydrogen-bond acceptors (Lipinski definition) is 4. The van der Waals surface area contributed by atoms with Gasteiger partial charge < -0.3 is 16.4 Å². The summed E-state index contributed by atoms with van der Waals surface area (Å²) >= 11 is 4.48. The minimum absolute atomic E-state index is 0.0401. The molecule has 1 saturated heterocycles. The number of carbonyl (C=O) groups excluding carboxylic acids is 1. The number of carbonyl (C=O) groups is 1. The first-order valence-electron chi connectivity index (χ1n) is 10.5. The largest absolute Gasteiger partial charge is 0.349 e. The Kier molecular flexibility index (Phi) is 7.77. The molecule has 1 heterocycles. The zero-order chi connectivity index (χ0) is 19.9. The van der Waals surface area contributed by atoms with Gasteiger partial charge in [-0.25, -0.2) is 0 Å². The van der Waals surface area contributed by atoms with Crippen LogP contribution in [-0.4, -0.2) is 31.1 Å². The van der Waals surface area contributed by atoms with Gasteiger partial charge in [0.25, 0.3) is 5.91 Å². The second-order valence-electron chi connectivity index (χ2n) is 8.11. The zero-order valence-electron chi connectivity index (χ0n) is 16.8. The second-order valence-corrected chi connectivity index (χ2v) is 8.59. The highest BCUT2D eigenvalue weighted by Gasteiger charge is 2.23. The molecule has 1 aliphatic carbocycles. The van der Waals surface area contributed by atoms with Crippen molar-refractivity contribution >= 4 is 29.3 Å². The van der Waals surface area contributed by atoms with Crippen molar-refractivity contribution in [3.8, 4) is 0 Å². The summed E-state index contributed by atoms with van der Waals surface area (Å²) in [6, 6.07) is 12.5. The van der Waals surface area contributed by atoms with Crippen LogP contribution in [0.1, 0.15) is 55.8 Å². The Morgan fingerprint density at radius 1 is 1.04 bits per heavy atom. The van der Waals surface area contributed by atoms with Crippen molar-refractivity contribution in [1.82, 2.24) is 10.6 Å². The molecule has 4 nitrogen and oxygen atoms in total. The van der Waals surface area contributed by atoms with Crippen molar-refractivity contribution in [3.05, 3.63) is 42.0 Å². The molecule has 1 saturated carbocycles. The number of rotatable bonds is 2. The smallest absolute Gasteiger partial charge is 0.252 e. The molecule has 4 rings (SSSR count). The topological polar surface area (TPSA) is 67.2 Å². The zero-order valence-corrected chi connectivity index (χ0v) is 17.7. The monoisotopic (exact) mass is 399 g/mol. The number of piperidine rings is 1. The van der Waals surface area contributed by atoms with E-state index in [0.717, 1.165) is 53.6 Å². The lowest BCUT2D eigenvalue weighted by molar-refractivity contribution is 0.0912. The van der Waals surface area contributed by atoms with Gasteiger partial charge in [0.1, 0.15) is 0 Å². The van der Waals surface area contributed by atoms with Gasteiger partial charge in [0, 0.05) is 22.5 Å². The number of nitrogens with two attached hydrogens (primary N) is 1. The van der Waals surface area contributed by atoms with E-state index in [2.05, 4.69) is 30.2 Å². The maximum absolute atomic E-state index is 12.6. The van der Waals surface area contributed by atoms with Crippen molar-refractivity contribution < 1.29 is 4.79 Å². The fourth-order valence-electron chi connectivity index (χ4n) is 4.11. The van der Waals surface area contributed by atoms with Crippen molar-refractivity contribution in [1.29, 1.82) is 0 Å². The molecule has 4 N–H and O–H groups in total. The van der Waals surface area contributed by atoms with Gasteiger partial charge in [-0.2, -0.15) is 0 Å². The van der Waals surface area contributed by atoms with E-state index in [9.17, 15) is 4.79 Å². The van der Waals surface area contributed by atoms with E-state index < -0.39 is 0 Å². The minimum atomic E-state index is 0.0401. The Morgan fingerprint density at radius 3 is 2.39 bits per heavy atom. The third-order valence-corrected chi connectivity index (χ3v) is 6.35. The number of hydrogen-bond donors (Lipinski definition) is 4. The van der Waals surface area contributed by atoms with Crippen molar-refractivity contribution in [3.63, 3.8) is 0 Å². The predicted molar refractivity (Wildman–Crippen MR) is 120 cm³/mol. The molecule has 0 aromatic heterocycles. The number of fused-ring (bicyclic) bond motifs is 1. The standard InChI is InChI=1S/C18H21NOS.C5H12N2/c1-12-6-2-3-10-16(12)19-18(20)15-9-4-8-14-13(15)7-5-11-17(14)21;6-5-1-3-7-4-2-5/h4-5,7-9,11-12,16,21H,2-3,6,10H2,1H3,(H,19,20);5,7H,1-4,6H2. The highest BCUT2D eigenvalue weighted by molar-refractivity contribution is 7.80. The Hall–Kier alpha value is -1.56. The second kappa shape index (κ2) is 10.3. The molecule has 2 aliphatic rings. The van der Waals surface area contributed by atoms with E-state index in [0.29, 0.717) is 18.0 Å². The molecule has 2 atom stereocenters. The van der Waals surface area contributed by atoms with Gasteiger partial charge >= 0.3 is 0 Å². The lowest BCUT2D eigenvalue weighted by Gasteiger charge is -2.29. The molecule has 0 bridgehead atoms. The van der Waals surface area contributed by atoms with E-state index in [1.54, 1.807) is 0 Å². The number of amides is 1. The van der Waals surface area contributed by atoms with Crippen LogP contribution in [0.25, 0.3) is 10.8 Å². The van der Waals surface area contributed by atoms with E-state index >= 15 is 0 Å². The van der Waals surface area contributed by atoms with Gasteiger partial charge in [0.05, 0.1) is 0 Å². The van der Waals surface area contributed by atoms with Crippen LogP contribution in [0.4, 0.5) is 0 Å². The number of nitrogens with one attached hydrogen (secondary N) is 2. The van der Waals surface area contributed by atoms with Gasteiger partial charge in [-0.1, -0.05) is 44.0 Å². The summed E-state index contributed by atoms with van der Waals surface area (Å²) in [5.41, 5.74) is 6.35. The summed E-state index contributed by atoms with van der Waals surface area (Å²) < 4.78 is 0. The average Bonchev–Trinajstić information content (AvgIpc) is 2.71. The predicted octanol–water partition coefficient (Wildman–Crippen LogP) is 4.13. The molecule has 2 aromatic carbocycles. The molecule has 152 valence electrons. The lowest BCUT2D eigenvalue weighted by Crippen LogP contribution is -2.41. The summed E-state index contributed by atoms with van der Waals surface area (Å²) in [6.07, 6.45) is 7.10. The Balaban J connectivity index is 0.000000271. The summed E-state index contributed by atoms with van der Waals surface area (Å²) in [7, 11) is 0. The van der Waals surface area contributed by atoms with Gasteiger partial charge in [0.2, 0.25) is 0 Å². The van der Waals surface area contributed by atoms with E-state index in [-0.39, 0.29) is 5.91 Å². The molecule has 0 radical (unpaired) electrons. The summed E-state index contributed by atoms with van der Waals surface area (Å²) in [6.45, 7) is 4.46. The molecule has 2 aromatic rings. The van der Waals surface area contributed by atoms with E-state index in [1.165, 1.54) is 19.3 Å². The number of thiol groups is 1. The molecule has 2 fully saturated rings. The maximum Gasteiger partial charge on any atom is 0.252 e. The SMILES string of the molecule is CC1CCCCC1NC(=O)c1cccc2c(S)cccc12.NC1CCNCC1. The molecule has 5 heteroatoms. The fraction of sp³-hybridized carbons (Fsp3) is 0.522. The Morgan fingerprint density at radius 2 is 1.71 bits per heavy atom. The summed E-state index contributed by atoms with van der Waals surface area (Å²) in [5, 5.41) is 8.48. The van der Waals surface area contributed by atoms with Crippen molar-refractivity contribution in [2.24, 2.45) is 11.7 Å². The molecule has 1 amide bonds. The molecule has 2 unspecified atom stereocenters. The van der Waals surface area contributed by atoms with Crippen LogP contribution in [0, 0.1) is 5.92 Å². The van der Waals surface area contributed by atoms with Gasteiger partial charge in [-0.15, -0.1) is 12.6 Å². The van der Waals surface area contributed by atoms with Crippen LogP contribution in [0.5, 0.6) is 0 Å². The highest BCUT2D eigenvalue weighted by Crippen LogP contribution is 2.27. The fourth-order valence-corrected chi connectivity index (χ4v) is 4.39. The van der Waals surface area contributed by atoms with Gasteiger partial charge in [-0.05, 0) is 67.6 Å². The molecule has 28 heavy (non-hydrogen) atoms. The molecular formula is C23H33N3OS. The molecule has 1 aliphatic heterocycles. The first-order chi connectivity index (χ1) is 13.6. The average molecular weight is 400 g/mol. The summed E-state index contributed by atoms with van der Waals surface area (Å²) in [4.78, 5) is 13.6. The van der Waals surface area contributed by atoms with Crippen molar-refractivity contribution in [2.75, 3.05) is 13.1 Å². The maximum atomic E-state index is 12.6. The highest BCUT2D eigenvalue weighted by atomic mass is 32.1. The van der Waals surface area contributed by atoms with Crippen LogP contribution >= 0.6 is 12.6 Å². The van der Waals surface area contributed by atoms with Crippen LogP contribution < -0.4 is 16.4 Å². The molecule has 0 spiro atoms. The minimum Gasteiger partial charge on any atom is -0.349 e. The Bertz CT molecular complexity index is 789. The first kappa shape index (κ1) is 21.2. The van der Waals surface area contributed by atoms with E-state index in [4.69, 9.17) is 5.73 Å². The first-order valence-corrected chi connectivity index (χ1v) is 11.0. The van der Waals surface area contributed by atoms with E-state index in [1.807, 2.05) is 36.4 Å². The van der Waals surface area contributed by atoms with Crippen LogP contribution in [0.3, 0.4) is 0 Å². The number of benzene rings is 2. The van der Waals surface area contributed by atoms with Crippen LogP contribution in [0.2, 0.25) is 0 Å². The molecular weight excluding hydrogens is 366 g/mol. The summed E-state index contributed by atoms with van der Waals surface area (Å²) in [5.74, 6) is 0.608. The lowest BCUT2D eigenvalue weighted by atomic mass is 9.85. The quantitative estimate of drug-likeness (QED) is 0.574. The van der Waals surface area contributed by atoms with Gasteiger partial charge in [-0.3, -0.25) is 4.79 Å². The van der Waals surface area contributed by atoms with Crippen LogP contribution in [0.15, 0.2) is 41.3 Å². The van der Waals surface area contributed by atoms with Crippen molar-refractivity contribution in [2.45, 2.75) is 62.4 Å².